The molecule has 110 valence electrons. The van der Waals surface area contributed by atoms with Gasteiger partial charge in [-0.15, -0.1) is 0 Å². The molecule has 0 atom stereocenters. The Kier molecular flexibility index (Phi) is 3.93. The minimum atomic E-state index is -0.842. The predicted molar refractivity (Wildman–Crippen MR) is 80.5 cm³/mol. The van der Waals surface area contributed by atoms with Gasteiger partial charge in [0.2, 0.25) is 0 Å². The Balaban J connectivity index is 2.78. The molecule has 0 fully saturated rings. The van der Waals surface area contributed by atoms with Crippen LogP contribution in [0.4, 0.5) is 4.79 Å². The summed E-state index contributed by atoms with van der Waals surface area (Å²) in [5, 5.41) is 14.6. The summed E-state index contributed by atoms with van der Waals surface area (Å²) in [7, 11) is 0. The number of urea groups is 1. The molecule has 0 bridgehead atoms. The van der Waals surface area contributed by atoms with Gasteiger partial charge in [-0.25, -0.2) is 10.2 Å². The van der Waals surface area contributed by atoms with Crippen LogP contribution in [0.25, 0.3) is 10.9 Å². The monoisotopic (exact) mass is 288 g/mol. The average molecular weight is 288 g/mol. The number of amides is 2. The van der Waals surface area contributed by atoms with Gasteiger partial charge in [-0.05, 0) is 26.0 Å². The van der Waals surface area contributed by atoms with Crippen molar-refractivity contribution in [1.29, 1.82) is 0 Å². The first-order valence-electron chi connectivity index (χ1n) is 6.42. The van der Waals surface area contributed by atoms with Crippen LogP contribution in [0.2, 0.25) is 0 Å². The second kappa shape index (κ2) is 5.66. The summed E-state index contributed by atoms with van der Waals surface area (Å²) >= 11 is 0. The maximum absolute atomic E-state index is 12.5. The number of nitrogens with zero attached hydrogens (tertiary/aromatic N) is 2. The Hall–Kier alpha value is -2.83. The molecule has 21 heavy (non-hydrogen) atoms. The molecule has 7 nitrogen and oxygen atoms in total. The minimum Gasteiger partial charge on any atom is -0.506 e. The van der Waals surface area contributed by atoms with Gasteiger partial charge in [0.15, 0.2) is 0 Å². The molecule has 1 aromatic carbocycles. The fourth-order valence-electron chi connectivity index (χ4n) is 2.22. The normalized spacial score (nSPS) is 11.6. The number of benzene rings is 1. The van der Waals surface area contributed by atoms with Gasteiger partial charge < -0.3 is 15.4 Å². The summed E-state index contributed by atoms with van der Waals surface area (Å²) < 4.78 is 1.54. The Bertz CT molecular complexity index is 793. The summed E-state index contributed by atoms with van der Waals surface area (Å²) in [6.07, 6.45) is 0. The van der Waals surface area contributed by atoms with Crippen LogP contribution < -0.4 is 16.7 Å². The minimum absolute atomic E-state index is 0.0456. The first kappa shape index (κ1) is 14.6. The number of para-hydroxylation sites is 1. The zero-order chi connectivity index (χ0) is 15.6. The summed E-state index contributed by atoms with van der Waals surface area (Å²) in [5.74, 6) is -0.159. The summed E-state index contributed by atoms with van der Waals surface area (Å²) in [6.45, 7) is 3.80. The van der Waals surface area contributed by atoms with E-state index in [1.807, 2.05) is 6.92 Å². The van der Waals surface area contributed by atoms with Crippen LogP contribution in [0, 0.1) is 0 Å². The molecule has 0 aliphatic heterocycles. The van der Waals surface area contributed by atoms with E-state index >= 15 is 0 Å². The van der Waals surface area contributed by atoms with Crippen molar-refractivity contribution in [2.45, 2.75) is 20.4 Å². The highest BCUT2D eigenvalue weighted by molar-refractivity contribution is 6.05. The molecule has 1 aromatic heterocycles. The van der Waals surface area contributed by atoms with E-state index < -0.39 is 6.03 Å². The van der Waals surface area contributed by atoms with Crippen molar-refractivity contribution < 1.29 is 9.90 Å². The van der Waals surface area contributed by atoms with Crippen LogP contribution in [0.15, 0.2) is 34.2 Å². The van der Waals surface area contributed by atoms with Crippen molar-refractivity contribution in [2.75, 3.05) is 0 Å². The lowest BCUT2D eigenvalue weighted by Crippen LogP contribution is -2.29. The lowest BCUT2D eigenvalue weighted by atomic mass is 10.1. The highest BCUT2D eigenvalue weighted by Crippen LogP contribution is 2.26. The highest BCUT2D eigenvalue weighted by atomic mass is 16.3. The molecule has 0 spiro atoms. The maximum Gasteiger partial charge on any atom is 0.332 e. The number of carbonyl (C=O) groups excluding carboxylic acids is 1. The molecular formula is C14H16N4O3. The molecule has 7 heteroatoms. The molecule has 1 heterocycles. The standard InChI is InChI=1S/C14H16N4O3/c1-3-18-10-7-5-4-6-9(10)12(19)11(13(18)20)8(2)16-17-14(15)21/h4-7,19H,3H2,1-2H3,(H3,15,17,21)/b16-8+. The number of hydrogen-bond donors (Lipinski definition) is 3. The molecule has 0 unspecified atom stereocenters. The fourth-order valence-corrected chi connectivity index (χ4v) is 2.22. The number of hydrazone groups is 1. The third-order valence-corrected chi connectivity index (χ3v) is 3.16. The van der Waals surface area contributed by atoms with Crippen molar-refractivity contribution in [1.82, 2.24) is 9.99 Å². The Morgan fingerprint density at radius 2 is 2.10 bits per heavy atom. The Morgan fingerprint density at radius 1 is 1.43 bits per heavy atom. The average Bonchev–Trinajstić information content (AvgIpc) is 2.46. The van der Waals surface area contributed by atoms with Gasteiger partial charge >= 0.3 is 6.03 Å². The number of fused-ring (bicyclic) bond motifs is 1. The SMILES string of the molecule is CCn1c(=O)c(/C(C)=N/NC(N)=O)c(O)c2ccccc21. The lowest BCUT2D eigenvalue weighted by Gasteiger charge is -2.13. The van der Waals surface area contributed by atoms with Gasteiger partial charge in [0.25, 0.3) is 5.56 Å². The number of aryl methyl sites for hydroxylation is 1. The smallest absolute Gasteiger partial charge is 0.332 e. The van der Waals surface area contributed by atoms with Gasteiger partial charge in [0, 0.05) is 11.9 Å². The van der Waals surface area contributed by atoms with Crippen LogP contribution in [-0.4, -0.2) is 21.4 Å². The zero-order valence-corrected chi connectivity index (χ0v) is 11.8. The number of carbonyl (C=O) groups is 1. The third-order valence-electron chi connectivity index (χ3n) is 3.16. The van der Waals surface area contributed by atoms with Crippen LogP contribution in [0.1, 0.15) is 19.4 Å². The number of pyridine rings is 1. The molecular weight excluding hydrogens is 272 g/mol. The van der Waals surface area contributed by atoms with Crippen LogP contribution in [-0.2, 0) is 6.54 Å². The second-order valence-electron chi connectivity index (χ2n) is 4.46. The molecule has 2 rings (SSSR count). The number of nitrogens with one attached hydrogen (secondary N) is 1. The summed E-state index contributed by atoms with van der Waals surface area (Å²) in [4.78, 5) is 23.2. The number of aromatic hydroxyl groups is 1. The van der Waals surface area contributed by atoms with Crippen molar-refractivity contribution in [3.8, 4) is 5.75 Å². The van der Waals surface area contributed by atoms with Crippen LogP contribution >= 0.6 is 0 Å². The summed E-state index contributed by atoms with van der Waals surface area (Å²) in [6, 6.07) is 6.20. The number of primary amides is 1. The lowest BCUT2D eigenvalue weighted by molar-refractivity contribution is 0.249. The van der Waals surface area contributed by atoms with Crippen LogP contribution in [0.5, 0.6) is 5.75 Å². The topological polar surface area (TPSA) is 110 Å². The van der Waals surface area contributed by atoms with E-state index in [4.69, 9.17) is 5.73 Å². The molecule has 2 amide bonds. The van der Waals surface area contributed by atoms with E-state index in [1.54, 1.807) is 24.3 Å². The number of rotatable bonds is 3. The molecule has 0 radical (unpaired) electrons. The van der Waals surface area contributed by atoms with Gasteiger partial charge in [-0.1, -0.05) is 12.1 Å². The number of aromatic nitrogens is 1. The van der Waals surface area contributed by atoms with E-state index in [9.17, 15) is 14.7 Å². The van der Waals surface area contributed by atoms with Gasteiger partial charge in [-0.2, -0.15) is 5.10 Å². The van der Waals surface area contributed by atoms with E-state index in [0.29, 0.717) is 17.4 Å². The largest absolute Gasteiger partial charge is 0.506 e. The Morgan fingerprint density at radius 3 is 2.71 bits per heavy atom. The van der Waals surface area contributed by atoms with E-state index in [2.05, 4.69) is 10.5 Å². The first-order valence-corrected chi connectivity index (χ1v) is 6.42. The van der Waals surface area contributed by atoms with Crippen LogP contribution in [0.3, 0.4) is 0 Å². The maximum atomic E-state index is 12.5. The summed E-state index contributed by atoms with van der Waals surface area (Å²) in [5.41, 5.74) is 7.49. The zero-order valence-electron chi connectivity index (χ0n) is 11.8. The van der Waals surface area contributed by atoms with Crippen molar-refractivity contribution in [3.63, 3.8) is 0 Å². The van der Waals surface area contributed by atoms with Gasteiger partial charge in [0.1, 0.15) is 11.3 Å². The second-order valence-corrected chi connectivity index (χ2v) is 4.46. The molecule has 4 N–H and O–H groups in total. The Labute approximate surface area is 120 Å². The number of nitrogens with two attached hydrogens (primary N) is 1. The number of hydrogen-bond acceptors (Lipinski definition) is 4. The quantitative estimate of drug-likeness (QED) is 0.581. The van der Waals surface area contributed by atoms with E-state index in [1.165, 1.54) is 11.5 Å². The van der Waals surface area contributed by atoms with E-state index in [-0.39, 0.29) is 22.6 Å². The van der Waals surface area contributed by atoms with E-state index in [0.717, 1.165) is 0 Å². The molecule has 0 aliphatic rings. The third kappa shape index (κ3) is 2.58. The molecule has 0 aliphatic carbocycles. The fraction of sp³-hybridized carbons (Fsp3) is 0.214. The first-order chi connectivity index (χ1) is 9.97. The van der Waals surface area contributed by atoms with Crippen molar-refractivity contribution in [3.05, 3.63) is 40.2 Å². The molecule has 0 saturated carbocycles. The predicted octanol–water partition coefficient (Wildman–Crippen LogP) is 1.12. The molecule has 0 saturated heterocycles. The van der Waals surface area contributed by atoms with Gasteiger partial charge in [-0.3, -0.25) is 4.79 Å². The molecule has 2 aromatic rings. The van der Waals surface area contributed by atoms with Gasteiger partial charge in [0.05, 0.1) is 11.2 Å². The highest BCUT2D eigenvalue weighted by Gasteiger charge is 2.17. The van der Waals surface area contributed by atoms with Crippen molar-refractivity contribution >= 4 is 22.6 Å². The van der Waals surface area contributed by atoms with Crippen molar-refractivity contribution in [2.24, 2.45) is 10.8 Å².